The van der Waals surface area contributed by atoms with E-state index in [0.717, 1.165) is 116 Å². The summed E-state index contributed by atoms with van der Waals surface area (Å²) in [6, 6.07) is 0. The second-order valence-corrected chi connectivity index (χ2v) is 15.4. The monoisotopic (exact) mass is 829 g/mol. The summed E-state index contributed by atoms with van der Waals surface area (Å²) in [6.07, 6.45) is 72.8. The summed E-state index contributed by atoms with van der Waals surface area (Å²) in [4.78, 5) is 24.4. The Labute approximate surface area is 369 Å². The lowest BCUT2D eigenvalue weighted by Gasteiger charge is -2.15. The fraction of sp³-hybridized carbons (Fsp3) is 0.600. The van der Waals surface area contributed by atoms with E-state index in [1.807, 2.05) is 0 Å². The average Bonchev–Trinajstić information content (AvgIpc) is 3.25. The van der Waals surface area contributed by atoms with Gasteiger partial charge in [0.15, 0.2) is 6.10 Å². The molecule has 0 bridgehead atoms. The van der Waals surface area contributed by atoms with Crippen LogP contribution in [-0.4, -0.2) is 36.4 Å². The Kier molecular flexibility index (Phi) is 46.6. The molecule has 0 saturated carbocycles. The zero-order chi connectivity index (χ0) is 43.5. The molecule has 0 aromatic heterocycles. The molecule has 0 aliphatic carbocycles. The van der Waals surface area contributed by atoms with Gasteiger partial charge in [-0.25, -0.2) is 0 Å². The lowest BCUT2D eigenvalue weighted by atomic mass is 10.0. The first-order valence-electron chi connectivity index (χ1n) is 24.1. The number of aliphatic hydroxyl groups is 1. The summed E-state index contributed by atoms with van der Waals surface area (Å²) in [6.45, 7) is 3.88. The highest BCUT2D eigenvalue weighted by Crippen LogP contribution is 2.13. The summed E-state index contributed by atoms with van der Waals surface area (Å²) >= 11 is 0. The third-order valence-corrected chi connectivity index (χ3v) is 9.75. The molecule has 5 heteroatoms. The lowest BCUT2D eigenvalue weighted by Crippen LogP contribution is -2.28. The average molecular weight is 829 g/mol. The molecule has 338 valence electrons. The van der Waals surface area contributed by atoms with Gasteiger partial charge in [-0.05, 0) is 103 Å². The van der Waals surface area contributed by atoms with Gasteiger partial charge in [-0.2, -0.15) is 0 Å². The third kappa shape index (κ3) is 47.0. The minimum absolute atomic E-state index is 0.0879. The minimum atomic E-state index is -0.793. The number of aliphatic hydroxyl groups excluding tert-OH is 1. The molecule has 0 aromatic rings. The van der Waals surface area contributed by atoms with Crippen LogP contribution in [0.2, 0.25) is 0 Å². The van der Waals surface area contributed by atoms with E-state index in [4.69, 9.17) is 9.47 Å². The molecule has 0 aromatic carbocycles. The van der Waals surface area contributed by atoms with Crippen LogP contribution < -0.4 is 0 Å². The molecule has 1 N–H and O–H groups in total. The number of hydrogen-bond acceptors (Lipinski definition) is 5. The van der Waals surface area contributed by atoms with E-state index in [1.165, 1.54) is 51.4 Å². The Morgan fingerprint density at radius 1 is 0.383 bits per heavy atom. The molecule has 60 heavy (non-hydrogen) atoms. The summed E-state index contributed by atoms with van der Waals surface area (Å²) < 4.78 is 10.6. The van der Waals surface area contributed by atoms with Gasteiger partial charge >= 0.3 is 11.9 Å². The molecule has 0 aliphatic rings. The first-order chi connectivity index (χ1) is 29.6. The van der Waals surface area contributed by atoms with Crippen LogP contribution in [0.5, 0.6) is 0 Å². The minimum Gasteiger partial charge on any atom is -0.462 e. The summed E-state index contributed by atoms with van der Waals surface area (Å²) in [7, 11) is 0. The predicted octanol–water partition coefficient (Wildman–Crippen LogP) is 16.0. The van der Waals surface area contributed by atoms with Gasteiger partial charge in [-0.15, -0.1) is 0 Å². The molecule has 0 radical (unpaired) electrons. The van der Waals surface area contributed by atoms with E-state index >= 15 is 0 Å². The number of ether oxygens (including phenoxy) is 2. The predicted molar refractivity (Wildman–Crippen MR) is 260 cm³/mol. The van der Waals surface area contributed by atoms with Gasteiger partial charge in [0.05, 0.1) is 6.61 Å². The molecule has 1 unspecified atom stereocenters. The van der Waals surface area contributed by atoms with Crippen LogP contribution in [0.4, 0.5) is 0 Å². The van der Waals surface area contributed by atoms with Gasteiger partial charge in [-0.1, -0.05) is 200 Å². The van der Waals surface area contributed by atoms with E-state index < -0.39 is 6.10 Å². The third-order valence-electron chi connectivity index (χ3n) is 9.75. The molecule has 0 rings (SSSR count). The molecule has 0 heterocycles. The van der Waals surface area contributed by atoms with Gasteiger partial charge in [0.25, 0.3) is 0 Å². The Bertz CT molecular complexity index is 1260. The summed E-state index contributed by atoms with van der Waals surface area (Å²) in [5.41, 5.74) is 0. The van der Waals surface area contributed by atoms with Gasteiger partial charge in [0.1, 0.15) is 6.61 Å². The van der Waals surface area contributed by atoms with Gasteiger partial charge in [0.2, 0.25) is 0 Å². The number of carbonyl (C=O) groups is 2. The summed E-state index contributed by atoms with van der Waals surface area (Å²) in [5, 5.41) is 9.61. The number of rotatable bonds is 42. The van der Waals surface area contributed by atoms with Gasteiger partial charge in [0, 0.05) is 12.8 Å². The van der Waals surface area contributed by atoms with Crippen LogP contribution in [0, 0.1) is 0 Å². The van der Waals surface area contributed by atoms with Crippen LogP contribution in [0.15, 0.2) is 122 Å². The molecule has 0 saturated heterocycles. The Morgan fingerprint density at radius 2 is 0.667 bits per heavy atom. The quantitative estimate of drug-likeness (QED) is 0.0377. The van der Waals surface area contributed by atoms with Crippen molar-refractivity contribution >= 4 is 11.9 Å². The van der Waals surface area contributed by atoms with E-state index in [2.05, 4.69) is 135 Å². The number of esters is 2. The van der Waals surface area contributed by atoms with Crippen LogP contribution in [0.1, 0.15) is 194 Å². The molecule has 0 spiro atoms. The van der Waals surface area contributed by atoms with Crippen molar-refractivity contribution in [3.63, 3.8) is 0 Å². The van der Waals surface area contributed by atoms with E-state index in [0.29, 0.717) is 12.8 Å². The molecule has 0 fully saturated rings. The van der Waals surface area contributed by atoms with Crippen molar-refractivity contribution in [2.75, 3.05) is 13.2 Å². The van der Waals surface area contributed by atoms with Crippen LogP contribution in [0.25, 0.3) is 0 Å². The van der Waals surface area contributed by atoms with Crippen LogP contribution in [-0.2, 0) is 19.1 Å². The molecule has 0 aliphatic heterocycles. The number of allylic oxidation sites excluding steroid dienone is 20. The van der Waals surface area contributed by atoms with Crippen LogP contribution >= 0.6 is 0 Å². The SMILES string of the molecule is CC/C=C\C/C=C\C/C=C\C/C=C\C/C=C\C/C=C\CCCCCCCCCCCCC(=O)OC(CO)COC(=O)CCCCCC/C=C\C/C=C\C/C=C\C/C=C\CC. The summed E-state index contributed by atoms with van der Waals surface area (Å²) in [5.74, 6) is -0.633. The van der Waals surface area contributed by atoms with Crippen LogP contribution in [0.3, 0.4) is 0 Å². The van der Waals surface area contributed by atoms with Crippen molar-refractivity contribution in [2.24, 2.45) is 0 Å². The standard InChI is InChI=1S/C55H88O5/c1-3-5-7-9-11-13-15-17-19-21-22-23-24-25-26-27-28-29-30-31-32-34-36-38-40-42-44-46-48-50-55(58)60-53(51-56)52-59-54(57)49-47-45-43-41-39-37-35-33-20-18-16-14-12-10-8-6-4-2/h5-8,11-14,17-20,22-23,25-26,28-29,35,37,53,56H,3-4,9-10,15-16,21,24,27,30-34,36,38-52H2,1-2H3/b7-5-,8-6-,13-11-,14-12-,19-17-,20-18-,23-22-,26-25-,29-28-,37-35-. The molecular formula is C55H88O5. The number of carbonyl (C=O) groups excluding carboxylic acids is 2. The van der Waals surface area contributed by atoms with Crippen molar-refractivity contribution in [1.29, 1.82) is 0 Å². The highest BCUT2D eigenvalue weighted by atomic mass is 16.6. The normalized spacial score (nSPS) is 13.3. The molecule has 5 nitrogen and oxygen atoms in total. The second-order valence-electron chi connectivity index (χ2n) is 15.4. The fourth-order valence-corrected chi connectivity index (χ4v) is 6.19. The highest BCUT2D eigenvalue weighted by Gasteiger charge is 2.16. The zero-order valence-corrected chi connectivity index (χ0v) is 38.4. The van der Waals surface area contributed by atoms with Crippen molar-refractivity contribution in [1.82, 2.24) is 0 Å². The Balaban J connectivity index is 3.61. The largest absolute Gasteiger partial charge is 0.462 e. The smallest absolute Gasteiger partial charge is 0.306 e. The number of unbranched alkanes of at least 4 members (excludes halogenated alkanes) is 14. The second kappa shape index (κ2) is 49.7. The van der Waals surface area contributed by atoms with Crippen molar-refractivity contribution in [3.05, 3.63) is 122 Å². The van der Waals surface area contributed by atoms with E-state index in [9.17, 15) is 14.7 Å². The van der Waals surface area contributed by atoms with Crippen molar-refractivity contribution < 1.29 is 24.2 Å². The molecule has 1 atom stereocenters. The maximum absolute atomic E-state index is 12.3. The number of hydrogen-bond donors (Lipinski definition) is 1. The molecule has 0 amide bonds. The lowest BCUT2D eigenvalue weighted by molar-refractivity contribution is -0.161. The van der Waals surface area contributed by atoms with Gasteiger partial charge < -0.3 is 14.6 Å². The van der Waals surface area contributed by atoms with Crippen molar-refractivity contribution in [3.8, 4) is 0 Å². The van der Waals surface area contributed by atoms with Gasteiger partial charge in [-0.3, -0.25) is 9.59 Å². The van der Waals surface area contributed by atoms with E-state index in [1.54, 1.807) is 0 Å². The maximum atomic E-state index is 12.3. The fourth-order valence-electron chi connectivity index (χ4n) is 6.19. The Hall–Kier alpha value is -3.70. The van der Waals surface area contributed by atoms with Crippen molar-refractivity contribution in [2.45, 2.75) is 200 Å². The Morgan fingerprint density at radius 3 is 1.00 bits per heavy atom. The maximum Gasteiger partial charge on any atom is 0.306 e. The first kappa shape index (κ1) is 56.3. The first-order valence-corrected chi connectivity index (χ1v) is 24.1. The zero-order valence-electron chi connectivity index (χ0n) is 38.4. The highest BCUT2D eigenvalue weighted by molar-refractivity contribution is 5.70. The topological polar surface area (TPSA) is 72.8 Å². The molecular weight excluding hydrogens is 741 g/mol. The van der Waals surface area contributed by atoms with E-state index in [-0.39, 0.29) is 25.2 Å².